The summed E-state index contributed by atoms with van der Waals surface area (Å²) in [6, 6.07) is 2.72. The molecule has 2 rings (SSSR count). The second-order valence-corrected chi connectivity index (χ2v) is 4.51. The zero-order valence-electron chi connectivity index (χ0n) is 10.4. The fraction of sp³-hybridized carbons (Fsp3) is 0.500. The molecule has 110 valence electrons. The Morgan fingerprint density at radius 1 is 1.40 bits per heavy atom. The van der Waals surface area contributed by atoms with Crippen LogP contribution in [0.3, 0.4) is 0 Å². The first kappa shape index (κ1) is 14.6. The standard InChI is InChI=1S/C12H13F3N2O3/c13-12(14,15)8-1-4-11(10(7-8)17(18)19)20-6-5-16-9-2-3-9/h1,4,7,9,16H,2-3,5-6H2. The van der Waals surface area contributed by atoms with Crippen LogP contribution in [-0.2, 0) is 6.18 Å². The number of halogens is 3. The number of benzene rings is 1. The van der Waals surface area contributed by atoms with Gasteiger partial charge in [0.25, 0.3) is 0 Å². The molecule has 1 N–H and O–H groups in total. The van der Waals surface area contributed by atoms with Gasteiger partial charge in [0.05, 0.1) is 10.5 Å². The molecule has 0 radical (unpaired) electrons. The predicted molar refractivity (Wildman–Crippen MR) is 64.6 cm³/mol. The van der Waals surface area contributed by atoms with E-state index in [0.717, 1.165) is 25.0 Å². The fourth-order valence-electron chi connectivity index (χ4n) is 1.67. The molecule has 1 fully saturated rings. The van der Waals surface area contributed by atoms with Gasteiger partial charge in [-0.05, 0) is 25.0 Å². The lowest BCUT2D eigenvalue weighted by Gasteiger charge is -2.10. The van der Waals surface area contributed by atoms with E-state index in [1.165, 1.54) is 0 Å². The Morgan fingerprint density at radius 2 is 2.10 bits per heavy atom. The van der Waals surface area contributed by atoms with Crippen LogP contribution in [0.5, 0.6) is 5.75 Å². The van der Waals surface area contributed by atoms with Crippen LogP contribution in [0, 0.1) is 10.1 Å². The highest BCUT2D eigenvalue weighted by atomic mass is 19.4. The number of rotatable bonds is 6. The molecule has 1 aromatic carbocycles. The molecular weight excluding hydrogens is 277 g/mol. The molecule has 0 atom stereocenters. The second kappa shape index (κ2) is 5.66. The van der Waals surface area contributed by atoms with Crippen LogP contribution in [0.15, 0.2) is 18.2 Å². The number of hydrogen-bond acceptors (Lipinski definition) is 4. The summed E-state index contributed by atoms with van der Waals surface area (Å²) in [5.41, 5.74) is -1.74. The van der Waals surface area contributed by atoms with Crippen molar-refractivity contribution in [2.45, 2.75) is 25.1 Å². The molecule has 1 aliphatic carbocycles. The van der Waals surface area contributed by atoms with Crippen molar-refractivity contribution >= 4 is 5.69 Å². The van der Waals surface area contributed by atoms with Gasteiger partial charge in [-0.25, -0.2) is 0 Å². The van der Waals surface area contributed by atoms with Crippen LogP contribution in [0.2, 0.25) is 0 Å². The highest BCUT2D eigenvalue weighted by Gasteiger charge is 2.33. The minimum Gasteiger partial charge on any atom is -0.485 e. The Bertz CT molecular complexity index is 501. The van der Waals surface area contributed by atoms with Crippen molar-refractivity contribution in [1.29, 1.82) is 0 Å². The molecule has 0 saturated heterocycles. The lowest BCUT2D eigenvalue weighted by atomic mass is 10.2. The van der Waals surface area contributed by atoms with Gasteiger partial charge in [-0.1, -0.05) is 0 Å². The summed E-state index contributed by atoms with van der Waals surface area (Å²) in [6.45, 7) is 0.672. The van der Waals surface area contributed by atoms with Crippen LogP contribution in [-0.4, -0.2) is 24.1 Å². The molecule has 0 aliphatic heterocycles. The van der Waals surface area contributed by atoms with Gasteiger partial charge in [0, 0.05) is 18.7 Å². The van der Waals surface area contributed by atoms with Crippen molar-refractivity contribution in [1.82, 2.24) is 5.32 Å². The number of alkyl halides is 3. The summed E-state index contributed by atoms with van der Waals surface area (Å²) in [7, 11) is 0. The summed E-state index contributed by atoms with van der Waals surface area (Å²) >= 11 is 0. The van der Waals surface area contributed by atoms with Crippen LogP contribution in [0.25, 0.3) is 0 Å². The zero-order valence-corrected chi connectivity index (χ0v) is 10.4. The molecule has 8 heteroatoms. The molecule has 1 saturated carbocycles. The molecule has 1 aliphatic rings. The minimum absolute atomic E-state index is 0.152. The smallest absolute Gasteiger partial charge is 0.416 e. The average Bonchev–Trinajstić information content (AvgIpc) is 3.17. The monoisotopic (exact) mass is 290 g/mol. The molecule has 0 aromatic heterocycles. The van der Waals surface area contributed by atoms with Gasteiger partial charge in [0.15, 0.2) is 5.75 Å². The zero-order chi connectivity index (χ0) is 14.8. The number of hydrogen-bond donors (Lipinski definition) is 1. The molecule has 20 heavy (non-hydrogen) atoms. The molecule has 0 spiro atoms. The number of nitrogens with zero attached hydrogens (tertiary/aromatic N) is 1. The van der Waals surface area contributed by atoms with Gasteiger partial charge >= 0.3 is 11.9 Å². The third-order valence-electron chi connectivity index (χ3n) is 2.85. The van der Waals surface area contributed by atoms with Gasteiger partial charge < -0.3 is 10.1 Å². The first-order chi connectivity index (χ1) is 9.38. The molecule has 5 nitrogen and oxygen atoms in total. The van der Waals surface area contributed by atoms with E-state index in [4.69, 9.17) is 4.74 Å². The number of nitro benzene ring substituents is 1. The fourth-order valence-corrected chi connectivity index (χ4v) is 1.67. The summed E-state index contributed by atoms with van der Waals surface area (Å²) in [4.78, 5) is 9.92. The van der Waals surface area contributed by atoms with Gasteiger partial charge in [-0.15, -0.1) is 0 Å². The lowest BCUT2D eigenvalue weighted by Crippen LogP contribution is -2.23. The van der Waals surface area contributed by atoms with Crippen LogP contribution in [0.4, 0.5) is 18.9 Å². The number of ether oxygens (including phenoxy) is 1. The average molecular weight is 290 g/mol. The maximum Gasteiger partial charge on any atom is 0.416 e. The number of nitrogens with one attached hydrogen (secondary N) is 1. The van der Waals surface area contributed by atoms with E-state index in [1.807, 2.05) is 0 Å². The molecule has 0 unspecified atom stereocenters. The highest BCUT2D eigenvalue weighted by Crippen LogP contribution is 2.35. The largest absolute Gasteiger partial charge is 0.485 e. The lowest BCUT2D eigenvalue weighted by molar-refractivity contribution is -0.386. The first-order valence-corrected chi connectivity index (χ1v) is 6.10. The maximum atomic E-state index is 12.5. The Hall–Kier alpha value is -1.83. The normalized spacial score (nSPS) is 15.2. The summed E-state index contributed by atoms with van der Waals surface area (Å²) in [5, 5.41) is 13.9. The molecule has 0 bridgehead atoms. The van der Waals surface area contributed by atoms with Gasteiger partial charge in [0.2, 0.25) is 0 Å². The van der Waals surface area contributed by atoms with Crippen molar-refractivity contribution in [2.24, 2.45) is 0 Å². The quantitative estimate of drug-likeness (QED) is 0.497. The van der Waals surface area contributed by atoms with E-state index in [2.05, 4.69) is 5.32 Å². The van der Waals surface area contributed by atoms with E-state index in [-0.39, 0.29) is 12.4 Å². The Balaban J connectivity index is 2.04. The van der Waals surface area contributed by atoms with E-state index in [0.29, 0.717) is 18.7 Å². The molecular formula is C12H13F3N2O3. The van der Waals surface area contributed by atoms with Crippen LogP contribution >= 0.6 is 0 Å². The molecule has 0 heterocycles. The van der Waals surface area contributed by atoms with Crippen LogP contribution < -0.4 is 10.1 Å². The first-order valence-electron chi connectivity index (χ1n) is 6.10. The highest BCUT2D eigenvalue weighted by molar-refractivity contribution is 5.49. The Morgan fingerprint density at radius 3 is 2.65 bits per heavy atom. The third kappa shape index (κ3) is 3.83. The van der Waals surface area contributed by atoms with Crippen molar-refractivity contribution in [2.75, 3.05) is 13.2 Å². The minimum atomic E-state index is -4.61. The van der Waals surface area contributed by atoms with E-state index in [1.54, 1.807) is 0 Å². The predicted octanol–water partition coefficient (Wildman–Crippen LogP) is 2.74. The van der Waals surface area contributed by atoms with Crippen molar-refractivity contribution in [3.8, 4) is 5.75 Å². The number of nitro groups is 1. The maximum absolute atomic E-state index is 12.5. The molecule has 0 amide bonds. The van der Waals surface area contributed by atoms with E-state index < -0.39 is 22.4 Å². The Labute approximate surface area is 112 Å². The van der Waals surface area contributed by atoms with Gasteiger partial charge in [-0.3, -0.25) is 10.1 Å². The van der Waals surface area contributed by atoms with E-state index in [9.17, 15) is 23.3 Å². The van der Waals surface area contributed by atoms with Gasteiger partial charge in [0.1, 0.15) is 6.61 Å². The summed E-state index contributed by atoms with van der Waals surface area (Å²) in [6.07, 6.45) is -2.42. The topological polar surface area (TPSA) is 64.4 Å². The van der Waals surface area contributed by atoms with E-state index >= 15 is 0 Å². The molecule has 1 aromatic rings. The summed E-state index contributed by atoms with van der Waals surface area (Å²) in [5.74, 6) is -0.152. The Kier molecular flexibility index (Phi) is 4.12. The van der Waals surface area contributed by atoms with Crippen LogP contribution in [0.1, 0.15) is 18.4 Å². The second-order valence-electron chi connectivity index (χ2n) is 4.51. The summed E-state index contributed by atoms with van der Waals surface area (Å²) < 4.78 is 42.6. The van der Waals surface area contributed by atoms with Gasteiger partial charge in [-0.2, -0.15) is 13.2 Å². The third-order valence-corrected chi connectivity index (χ3v) is 2.85. The van der Waals surface area contributed by atoms with Crippen molar-refractivity contribution < 1.29 is 22.8 Å². The SMILES string of the molecule is O=[N+]([O-])c1cc(C(F)(F)F)ccc1OCCNC1CC1. The van der Waals surface area contributed by atoms with Crippen molar-refractivity contribution in [3.63, 3.8) is 0 Å². The van der Waals surface area contributed by atoms with Crippen molar-refractivity contribution in [3.05, 3.63) is 33.9 Å².